The van der Waals surface area contributed by atoms with Gasteiger partial charge in [-0.15, -0.1) is 0 Å². The number of carboxylic acid groups (broad SMARTS) is 2. The molecule has 5 fully saturated rings. The van der Waals surface area contributed by atoms with Crippen molar-refractivity contribution in [1.82, 2.24) is 14.2 Å². The van der Waals surface area contributed by atoms with Gasteiger partial charge in [0.05, 0.1) is 19.8 Å². The van der Waals surface area contributed by atoms with Crippen LogP contribution in [0.25, 0.3) is 0 Å². The summed E-state index contributed by atoms with van der Waals surface area (Å²) in [5, 5.41) is 87.8. The fraction of sp³-hybridized carbons (Fsp3) is 0.935. The number of carboxylic acids is 2. The molecule has 0 aromatic heterocycles. The lowest BCUT2D eigenvalue weighted by atomic mass is 9.94. The first-order valence-electron chi connectivity index (χ1n) is 23.5. The minimum absolute atomic E-state index is 0.735. The number of aliphatic hydroxyl groups excluding tert-OH is 6. The Labute approximate surface area is 509 Å². The van der Waals surface area contributed by atoms with Crippen LogP contribution >= 0.6 is 0 Å². The number of ether oxygens (including phenoxy) is 10. The Morgan fingerprint density at radius 2 is 0.703 bits per heavy atom. The van der Waals surface area contributed by atoms with Gasteiger partial charge in [0.2, 0.25) is 0 Å². The molecule has 0 spiro atoms. The Hall–Kier alpha value is -2.74. The molecule has 91 heavy (non-hydrogen) atoms. The van der Waals surface area contributed by atoms with E-state index in [1.54, 1.807) is 0 Å². The third kappa shape index (κ3) is 22.9. The Bertz CT molecular complexity index is 3490. The molecule has 5 aliphatic heterocycles. The molecule has 5 rings (SSSR count). The first kappa shape index (κ1) is 79.0. The monoisotopic (exact) mass is 1510 g/mol. The molecule has 19 N–H and O–H groups in total. The Kier molecular flexibility index (Phi) is 26.0. The van der Waals surface area contributed by atoms with Crippen LogP contribution in [-0.2, 0) is 161 Å². The molecular weight excluding hydrogens is 1450 g/mol. The van der Waals surface area contributed by atoms with E-state index in [-0.39, 0.29) is 0 Å². The summed E-state index contributed by atoms with van der Waals surface area (Å²) >= 11 is 0. The molecule has 534 valence electrons. The van der Waals surface area contributed by atoms with Crippen molar-refractivity contribution in [2.45, 2.75) is 153 Å². The van der Waals surface area contributed by atoms with Gasteiger partial charge in [-0.2, -0.15) is 81.5 Å². The molecule has 52 nitrogen and oxygen atoms in total. The van der Waals surface area contributed by atoms with E-state index in [4.69, 9.17) is 51.9 Å². The fourth-order valence-electron chi connectivity index (χ4n) is 8.98. The van der Waals surface area contributed by atoms with Crippen LogP contribution in [0.5, 0.6) is 0 Å². The van der Waals surface area contributed by atoms with Gasteiger partial charge >= 0.3 is 94.8 Å². The number of aliphatic hydroxyl groups is 6. The summed E-state index contributed by atoms with van der Waals surface area (Å²) in [7, 11) is -45.9. The second-order valence-corrected chi connectivity index (χ2v) is 27.6. The molecule has 25 atom stereocenters. The quantitative estimate of drug-likeness (QED) is 0.0297. The van der Waals surface area contributed by atoms with E-state index >= 15 is 0 Å². The van der Waals surface area contributed by atoms with E-state index in [1.807, 2.05) is 0 Å². The van der Waals surface area contributed by atoms with Crippen molar-refractivity contribution in [3.05, 3.63) is 0 Å². The molecule has 0 radical (unpaired) electrons. The van der Waals surface area contributed by atoms with E-state index in [0.29, 0.717) is 0 Å². The summed E-state index contributed by atoms with van der Waals surface area (Å²) < 4.78 is 346. The van der Waals surface area contributed by atoms with E-state index in [1.165, 1.54) is 9.44 Å². The molecule has 0 saturated carbocycles. The van der Waals surface area contributed by atoms with Crippen molar-refractivity contribution in [3.8, 4) is 0 Å². The second-order valence-electron chi connectivity index (χ2n) is 18.7. The molecule has 0 aromatic rings. The minimum Gasteiger partial charge on any atom is -0.479 e. The first-order chi connectivity index (χ1) is 41.2. The third-order valence-electron chi connectivity index (χ3n) is 12.4. The zero-order chi connectivity index (χ0) is 69.4. The second kappa shape index (κ2) is 29.9. The Morgan fingerprint density at radius 1 is 0.352 bits per heavy atom. The number of hydrogen-bond donors (Lipinski definition) is 19. The standard InChI is InChI=1S/C31H53N3O49S8/c1-69-27-9(33-85(48,49)50)13(37)17(6(74-27)3-71-88(57,58)59)76-31-22(83-91(66,67)68)16(40)21(24(81-31)26(43)44)79-29-10(34-86(51,52)53)19(82-90(63,64)65)18(7(75-29)4-72-89(60,61)62)77-30-15(39)14(38)20(23(80-30)25(41)42)78-28-8(32-84(45,46)47)12(36)11(35)5(73-28)2-70-87(54,55)56/h5-24,27-40H,2-4H2,1H3,(H,41,42)(H,43,44)(H,45,46,47)(H,48,49,50)(H,51,52,53)(H,54,55,56)(H,57,58,59)(H,60,61,62)(H,63,64,65)(H,66,67,68)/t5?,6?,7?,8?,9?,10?,11-,12+,13+,14+,15?,16-,17+,18-,19-,20-,21-,22?,23?,24?,27-,28+,29+,30-,31-/m1/s1. The van der Waals surface area contributed by atoms with Gasteiger partial charge in [-0.3, -0.25) is 36.4 Å². The number of nitrogens with one attached hydrogen (secondary N) is 3. The maximum atomic E-state index is 13.0. The number of methoxy groups -OCH3 is 1. The largest absolute Gasteiger partial charge is 0.479 e. The van der Waals surface area contributed by atoms with Gasteiger partial charge in [-0.25, -0.2) is 30.5 Å². The van der Waals surface area contributed by atoms with E-state index < -0.39 is 268 Å². The van der Waals surface area contributed by atoms with Crippen molar-refractivity contribution >= 4 is 94.8 Å². The molecule has 0 aromatic carbocycles. The minimum atomic E-state index is -6.36. The first-order valence-corrected chi connectivity index (χ1v) is 34.7. The zero-order valence-corrected chi connectivity index (χ0v) is 50.5. The van der Waals surface area contributed by atoms with Crippen molar-refractivity contribution < 1.29 is 222 Å². The van der Waals surface area contributed by atoms with Crippen LogP contribution in [0.15, 0.2) is 0 Å². The van der Waals surface area contributed by atoms with Gasteiger partial charge in [0.15, 0.2) is 49.8 Å². The predicted molar refractivity (Wildman–Crippen MR) is 262 cm³/mol. The van der Waals surface area contributed by atoms with Crippen molar-refractivity contribution in [2.24, 2.45) is 0 Å². The number of carbonyl (C=O) groups is 2. The summed E-state index contributed by atoms with van der Waals surface area (Å²) in [6, 6.07) is -8.17. The topological polar surface area (TPSA) is 805 Å². The predicted octanol–water partition coefficient (Wildman–Crippen LogP) is -13.8. The van der Waals surface area contributed by atoms with Crippen LogP contribution in [0.4, 0.5) is 0 Å². The third-order valence-corrected chi connectivity index (χ3v) is 16.4. The lowest BCUT2D eigenvalue weighted by Crippen LogP contribution is -2.71. The SMILES string of the molecule is CO[C@@H]1OC(COS(=O)(=O)O)[C@H](O[C@@H]2OC(C(=O)O)[C@H](O[C@@H]3OC(COS(=O)(=O)O)[C@@H](O[C@@H]4OC(C(=O)O)[C@H](O[C@@H]5OC(COS(=O)(=O)O)[C@@H](O)[C@@H](O)C5NS(=O)(=O)O)[C@@H](O)C4O)[C@H](OS(=O)(=O)O)C3NS(=O)(=O)O)[C@@H](O)C2OS(=O)(=O)O)[C@@H](O)C1NS(=O)(=O)O. The molecular formula is C31H53N3O49S8. The molecule has 5 heterocycles. The van der Waals surface area contributed by atoms with E-state index in [9.17, 15) is 150 Å². The summed E-state index contributed by atoms with van der Waals surface area (Å²) in [4.78, 5) is 25.8. The average molecular weight is 1510 g/mol. The molecule has 0 amide bonds. The molecule has 0 bridgehead atoms. The Balaban J connectivity index is 1.60. The summed E-state index contributed by atoms with van der Waals surface area (Å²) in [6.45, 7) is -5.06. The van der Waals surface area contributed by atoms with Crippen LogP contribution in [0.2, 0.25) is 0 Å². The molecule has 5 aliphatic rings. The van der Waals surface area contributed by atoms with Gasteiger partial charge in [0, 0.05) is 7.11 Å². The normalized spacial score (nSPS) is 38.6. The maximum Gasteiger partial charge on any atom is 0.397 e. The van der Waals surface area contributed by atoms with Gasteiger partial charge in [0.25, 0.3) is 0 Å². The number of aliphatic carboxylic acids is 2. The molecule has 0 aliphatic carbocycles. The van der Waals surface area contributed by atoms with Crippen molar-refractivity contribution in [3.63, 3.8) is 0 Å². The van der Waals surface area contributed by atoms with Crippen LogP contribution in [0.3, 0.4) is 0 Å². The number of hydrogen-bond acceptors (Lipinski definition) is 39. The smallest absolute Gasteiger partial charge is 0.397 e. The number of rotatable bonds is 30. The van der Waals surface area contributed by atoms with Gasteiger partial charge in [0.1, 0.15) is 104 Å². The van der Waals surface area contributed by atoms with Crippen LogP contribution in [0.1, 0.15) is 0 Å². The summed E-state index contributed by atoms with van der Waals surface area (Å²) in [6.07, 6.45) is -63.6. The highest BCUT2D eigenvalue weighted by atomic mass is 32.3. The molecule has 5 saturated heterocycles. The van der Waals surface area contributed by atoms with Crippen LogP contribution in [0, 0.1) is 0 Å². The van der Waals surface area contributed by atoms with Crippen LogP contribution in [-0.4, -0.2) is 337 Å². The van der Waals surface area contributed by atoms with Gasteiger partial charge in [-0.05, 0) is 0 Å². The van der Waals surface area contributed by atoms with E-state index in [2.05, 4.69) is 20.9 Å². The van der Waals surface area contributed by atoms with Crippen molar-refractivity contribution in [2.75, 3.05) is 26.9 Å². The maximum absolute atomic E-state index is 13.0. The van der Waals surface area contributed by atoms with Gasteiger partial charge < -0.3 is 88.2 Å². The van der Waals surface area contributed by atoms with Crippen molar-refractivity contribution in [1.29, 1.82) is 0 Å². The molecule has 10 unspecified atom stereocenters. The average Bonchev–Trinajstić information content (AvgIpc) is 0.767. The van der Waals surface area contributed by atoms with Crippen LogP contribution < -0.4 is 14.2 Å². The highest BCUT2D eigenvalue weighted by molar-refractivity contribution is 7.84. The lowest BCUT2D eigenvalue weighted by molar-refractivity contribution is -0.373. The van der Waals surface area contributed by atoms with Gasteiger partial charge in [-0.1, -0.05) is 0 Å². The summed E-state index contributed by atoms with van der Waals surface area (Å²) in [5.41, 5.74) is 0. The zero-order valence-electron chi connectivity index (χ0n) is 43.9. The fourth-order valence-corrected chi connectivity index (χ4v) is 12.7. The lowest BCUT2D eigenvalue weighted by Gasteiger charge is -2.50. The van der Waals surface area contributed by atoms with E-state index in [0.717, 1.165) is 11.8 Å². The highest BCUT2D eigenvalue weighted by Crippen LogP contribution is 2.39. The Morgan fingerprint density at radius 3 is 1.13 bits per heavy atom. The molecule has 60 heteroatoms. The summed E-state index contributed by atoms with van der Waals surface area (Å²) in [5.74, 6) is -4.91. The highest BCUT2D eigenvalue weighted by Gasteiger charge is 2.61.